The summed E-state index contributed by atoms with van der Waals surface area (Å²) in [4.78, 5) is 39.7. The van der Waals surface area contributed by atoms with E-state index >= 15 is 0 Å². The van der Waals surface area contributed by atoms with Crippen LogP contribution in [-0.2, 0) is 9.59 Å². The highest BCUT2D eigenvalue weighted by molar-refractivity contribution is 6.08. The SMILES string of the molecule is COc1cc2nccc(Oc3ccc(C4CC4(C(N)=O)C(N)=O)cc3)c2cc1C(=O)NO. The Labute approximate surface area is 182 Å². The molecule has 4 rings (SSSR count). The number of ether oxygens (including phenoxy) is 2. The van der Waals surface area contributed by atoms with E-state index in [1.165, 1.54) is 13.2 Å². The molecule has 0 aliphatic heterocycles. The van der Waals surface area contributed by atoms with E-state index in [-0.39, 0.29) is 23.7 Å². The van der Waals surface area contributed by atoms with Crippen molar-refractivity contribution in [2.75, 3.05) is 7.11 Å². The lowest BCUT2D eigenvalue weighted by Gasteiger charge is -2.13. The number of rotatable bonds is 7. The van der Waals surface area contributed by atoms with Crippen LogP contribution in [0.15, 0.2) is 48.7 Å². The number of pyridine rings is 1. The van der Waals surface area contributed by atoms with Crippen molar-refractivity contribution in [2.24, 2.45) is 16.9 Å². The molecule has 1 aromatic heterocycles. The van der Waals surface area contributed by atoms with Crippen molar-refractivity contribution in [3.63, 3.8) is 0 Å². The van der Waals surface area contributed by atoms with Crippen LogP contribution in [0.3, 0.4) is 0 Å². The summed E-state index contributed by atoms with van der Waals surface area (Å²) < 4.78 is 11.2. The second-order valence-corrected chi connectivity index (χ2v) is 7.45. The Hall–Kier alpha value is -4.18. The molecule has 1 aliphatic carbocycles. The lowest BCUT2D eigenvalue weighted by Crippen LogP contribution is -2.38. The standard InChI is InChI=1S/C22H20N4O6/c1-31-18-9-16-13(8-14(18)19(27)26-30)17(6-7-25-16)32-12-4-2-11(3-5-12)15-10-22(15,20(23)28)21(24)29/h2-9,15,30H,10H2,1H3,(H2,23,28)(H2,24,29)(H,26,27). The first-order valence-electron chi connectivity index (χ1n) is 9.60. The van der Waals surface area contributed by atoms with E-state index in [2.05, 4.69) is 4.98 Å². The van der Waals surface area contributed by atoms with Gasteiger partial charge in [-0.3, -0.25) is 24.6 Å². The Morgan fingerprint density at radius 3 is 2.34 bits per heavy atom. The summed E-state index contributed by atoms with van der Waals surface area (Å²) in [5, 5.41) is 9.53. The van der Waals surface area contributed by atoms with E-state index < -0.39 is 23.1 Å². The molecule has 0 saturated heterocycles. The molecule has 2 aromatic carbocycles. The van der Waals surface area contributed by atoms with Gasteiger partial charge in [0.05, 0.1) is 18.2 Å². The molecule has 3 aromatic rings. The molecule has 1 fully saturated rings. The van der Waals surface area contributed by atoms with Crippen LogP contribution in [0.2, 0.25) is 0 Å². The summed E-state index contributed by atoms with van der Waals surface area (Å²) in [5.41, 5.74) is 12.4. The van der Waals surface area contributed by atoms with Crippen LogP contribution in [0.4, 0.5) is 0 Å². The van der Waals surface area contributed by atoms with E-state index in [9.17, 15) is 14.4 Å². The van der Waals surface area contributed by atoms with Crippen LogP contribution >= 0.6 is 0 Å². The zero-order valence-electron chi connectivity index (χ0n) is 17.0. The Kier molecular flexibility index (Phi) is 5.15. The molecular formula is C22H20N4O6. The number of primary amides is 2. The monoisotopic (exact) mass is 436 g/mol. The third kappa shape index (κ3) is 3.36. The highest BCUT2D eigenvalue weighted by Crippen LogP contribution is 2.59. The minimum absolute atomic E-state index is 0.110. The molecule has 1 aliphatic rings. The minimum atomic E-state index is -1.34. The smallest absolute Gasteiger partial charge is 0.278 e. The van der Waals surface area contributed by atoms with E-state index in [1.807, 2.05) is 0 Å². The number of nitrogens with zero attached hydrogens (tertiary/aromatic N) is 1. The number of hydrogen-bond acceptors (Lipinski definition) is 7. The van der Waals surface area contributed by atoms with Gasteiger partial charge in [0.15, 0.2) is 0 Å². The van der Waals surface area contributed by atoms with Crippen LogP contribution in [-0.4, -0.2) is 35.0 Å². The topological polar surface area (TPSA) is 167 Å². The molecule has 1 heterocycles. The molecule has 1 unspecified atom stereocenters. The number of carbonyl (C=O) groups excluding carboxylic acids is 3. The van der Waals surface area contributed by atoms with Crippen LogP contribution in [0, 0.1) is 5.41 Å². The van der Waals surface area contributed by atoms with E-state index in [1.54, 1.807) is 48.1 Å². The minimum Gasteiger partial charge on any atom is -0.496 e. The normalized spacial score (nSPS) is 16.2. The average molecular weight is 436 g/mol. The lowest BCUT2D eigenvalue weighted by atomic mass is 9.97. The molecule has 0 spiro atoms. The lowest BCUT2D eigenvalue weighted by molar-refractivity contribution is -0.133. The number of hydroxylamine groups is 1. The van der Waals surface area contributed by atoms with Gasteiger partial charge in [-0.25, -0.2) is 5.48 Å². The maximum absolute atomic E-state index is 12.0. The number of hydrogen-bond donors (Lipinski definition) is 4. The number of fused-ring (bicyclic) bond motifs is 1. The summed E-state index contributed by atoms with van der Waals surface area (Å²) in [5.74, 6) is -1.40. The fourth-order valence-electron chi connectivity index (χ4n) is 3.87. The zero-order chi connectivity index (χ0) is 23.0. The number of amides is 3. The Morgan fingerprint density at radius 2 is 1.78 bits per heavy atom. The Bertz CT molecular complexity index is 1230. The third-order valence-electron chi connectivity index (χ3n) is 5.72. The van der Waals surface area contributed by atoms with Crippen LogP contribution in [0.5, 0.6) is 17.2 Å². The molecule has 32 heavy (non-hydrogen) atoms. The number of nitrogens with two attached hydrogens (primary N) is 2. The number of aromatic nitrogens is 1. The molecule has 164 valence electrons. The van der Waals surface area contributed by atoms with Gasteiger partial charge in [0.2, 0.25) is 11.8 Å². The fraction of sp³-hybridized carbons (Fsp3) is 0.182. The van der Waals surface area contributed by atoms with Gasteiger partial charge >= 0.3 is 0 Å². The van der Waals surface area contributed by atoms with Gasteiger partial charge in [-0.15, -0.1) is 0 Å². The first kappa shape index (κ1) is 21.1. The van der Waals surface area contributed by atoms with Crippen molar-refractivity contribution in [1.82, 2.24) is 10.5 Å². The molecule has 10 heteroatoms. The quantitative estimate of drug-likeness (QED) is 0.248. The molecule has 6 N–H and O–H groups in total. The maximum Gasteiger partial charge on any atom is 0.278 e. The summed E-state index contributed by atoms with van der Waals surface area (Å²) >= 11 is 0. The molecule has 1 saturated carbocycles. The van der Waals surface area contributed by atoms with Gasteiger partial charge in [-0.1, -0.05) is 12.1 Å². The van der Waals surface area contributed by atoms with Crippen molar-refractivity contribution in [3.05, 3.63) is 59.8 Å². The van der Waals surface area contributed by atoms with Crippen molar-refractivity contribution in [3.8, 4) is 17.2 Å². The number of methoxy groups -OCH3 is 1. The highest BCUT2D eigenvalue weighted by Gasteiger charge is 2.64. The summed E-state index contributed by atoms with van der Waals surface area (Å²) in [7, 11) is 1.41. The van der Waals surface area contributed by atoms with Crippen LogP contribution < -0.4 is 26.4 Å². The van der Waals surface area contributed by atoms with Crippen molar-refractivity contribution < 1.29 is 29.1 Å². The number of nitrogens with one attached hydrogen (secondary N) is 1. The van der Waals surface area contributed by atoms with Gasteiger partial charge in [0.25, 0.3) is 5.91 Å². The third-order valence-corrected chi connectivity index (χ3v) is 5.72. The van der Waals surface area contributed by atoms with Gasteiger partial charge in [-0.2, -0.15) is 0 Å². The van der Waals surface area contributed by atoms with E-state index in [0.29, 0.717) is 22.4 Å². The summed E-state index contributed by atoms with van der Waals surface area (Å²) in [6, 6.07) is 11.6. The van der Waals surface area contributed by atoms with Gasteiger partial charge < -0.3 is 20.9 Å². The molecule has 0 bridgehead atoms. The first-order valence-corrected chi connectivity index (χ1v) is 9.60. The highest BCUT2D eigenvalue weighted by atomic mass is 16.5. The molecule has 0 radical (unpaired) electrons. The van der Waals surface area contributed by atoms with Gasteiger partial charge in [0, 0.05) is 23.6 Å². The van der Waals surface area contributed by atoms with Crippen molar-refractivity contribution in [2.45, 2.75) is 12.3 Å². The van der Waals surface area contributed by atoms with Crippen LogP contribution in [0.25, 0.3) is 10.9 Å². The van der Waals surface area contributed by atoms with E-state index in [4.69, 9.17) is 26.1 Å². The number of benzene rings is 2. The van der Waals surface area contributed by atoms with Crippen molar-refractivity contribution in [1.29, 1.82) is 0 Å². The summed E-state index contributed by atoms with van der Waals surface area (Å²) in [6.07, 6.45) is 1.83. The maximum atomic E-state index is 12.0. The zero-order valence-corrected chi connectivity index (χ0v) is 17.0. The largest absolute Gasteiger partial charge is 0.496 e. The van der Waals surface area contributed by atoms with Crippen LogP contribution in [0.1, 0.15) is 28.3 Å². The van der Waals surface area contributed by atoms with E-state index in [0.717, 1.165) is 5.56 Å². The molecular weight excluding hydrogens is 416 g/mol. The molecule has 1 atom stereocenters. The Balaban J connectivity index is 1.63. The Morgan fingerprint density at radius 1 is 1.09 bits per heavy atom. The summed E-state index contributed by atoms with van der Waals surface area (Å²) in [6.45, 7) is 0. The average Bonchev–Trinajstić information content (AvgIpc) is 3.56. The van der Waals surface area contributed by atoms with Gasteiger partial charge in [0.1, 0.15) is 22.7 Å². The first-order chi connectivity index (χ1) is 15.3. The second kappa shape index (κ2) is 7.82. The van der Waals surface area contributed by atoms with Gasteiger partial charge in [-0.05, 0) is 36.2 Å². The second-order valence-electron chi connectivity index (χ2n) is 7.45. The van der Waals surface area contributed by atoms with Crippen molar-refractivity contribution >= 4 is 28.6 Å². The molecule has 3 amide bonds. The molecule has 10 nitrogen and oxygen atoms in total. The fourth-order valence-corrected chi connectivity index (χ4v) is 3.87. The predicted molar refractivity (Wildman–Crippen MR) is 112 cm³/mol. The number of carbonyl (C=O) groups is 3. The predicted octanol–water partition coefficient (Wildman–Crippen LogP) is 1.60.